The zero-order valence-electron chi connectivity index (χ0n) is 20.3. The number of rotatable bonds is 6. The van der Waals surface area contributed by atoms with Gasteiger partial charge in [-0.25, -0.2) is 0 Å². The molecule has 7 heteroatoms. The van der Waals surface area contributed by atoms with Crippen LogP contribution in [-0.4, -0.2) is 43.5 Å². The van der Waals surface area contributed by atoms with E-state index in [0.29, 0.717) is 35.8 Å². The third-order valence-electron chi connectivity index (χ3n) is 6.99. The molecule has 2 aromatic carbocycles. The molecule has 7 nitrogen and oxygen atoms in total. The Morgan fingerprint density at radius 3 is 2.50 bits per heavy atom. The Hall–Kier alpha value is -3.48. The second-order valence-electron chi connectivity index (χ2n) is 9.48. The number of methoxy groups -OCH3 is 2. The first-order chi connectivity index (χ1) is 16.3. The normalized spacial score (nSPS) is 24.1. The smallest absolute Gasteiger partial charge is 0.164 e. The van der Waals surface area contributed by atoms with Crippen LogP contribution in [0.2, 0.25) is 0 Å². The van der Waals surface area contributed by atoms with Crippen molar-refractivity contribution in [3.63, 3.8) is 0 Å². The van der Waals surface area contributed by atoms with E-state index < -0.39 is 5.41 Å². The first-order valence-electron chi connectivity index (χ1n) is 11.5. The van der Waals surface area contributed by atoms with Gasteiger partial charge in [-0.05, 0) is 51.0 Å². The third kappa shape index (κ3) is 3.33. The Labute approximate surface area is 199 Å². The molecule has 0 spiro atoms. The molecule has 2 aliphatic heterocycles. The second-order valence-corrected chi connectivity index (χ2v) is 9.48. The summed E-state index contributed by atoms with van der Waals surface area (Å²) in [7, 11) is 3.23. The van der Waals surface area contributed by atoms with E-state index in [-0.39, 0.29) is 17.8 Å². The molecule has 3 atom stereocenters. The molecule has 34 heavy (non-hydrogen) atoms. The summed E-state index contributed by atoms with van der Waals surface area (Å²) in [5.41, 5.74) is 4.47. The zero-order chi connectivity index (χ0) is 24.2. The van der Waals surface area contributed by atoms with Crippen molar-refractivity contribution in [2.45, 2.75) is 45.1 Å². The first-order valence-corrected chi connectivity index (χ1v) is 11.5. The van der Waals surface area contributed by atoms with Crippen LogP contribution in [0.3, 0.4) is 0 Å². The molecule has 1 fully saturated rings. The fourth-order valence-corrected chi connectivity index (χ4v) is 5.10. The van der Waals surface area contributed by atoms with Crippen LogP contribution in [0, 0.1) is 5.92 Å². The Bertz CT molecular complexity index is 1240. The highest BCUT2D eigenvalue weighted by Gasteiger charge is 2.63. The van der Waals surface area contributed by atoms with Gasteiger partial charge in [0.05, 0.1) is 32.0 Å². The standard InChI is InChI=1S/C27H30N2O5/c1-14(2)21-9-18-20(34-21)8-7-17(25(18)30)26(29-28-15(3)4)27-12-16(27)13-33-22-11-24(32-6)23(31-5)10-19(22)27/h7-8,10-11,16,21,30H,1,9,12-13H2,2-6H3/b29-26-/t16?,21-,27?/m1/s1. The van der Waals surface area contributed by atoms with E-state index in [4.69, 9.17) is 24.0 Å². The van der Waals surface area contributed by atoms with Crippen molar-refractivity contribution in [2.75, 3.05) is 20.8 Å². The van der Waals surface area contributed by atoms with Crippen molar-refractivity contribution in [1.29, 1.82) is 0 Å². The van der Waals surface area contributed by atoms with Crippen LogP contribution in [0.5, 0.6) is 28.7 Å². The number of hydrogen-bond donors (Lipinski definition) is 1. The van der Waals surface area contributed by atoms with Gasteiger partial charge in [0.15, 0.2) is 11.5 Å². The molecule has 2 unspecified atom stereocenters. The molecular weight excluding hydrogens is 432 g/mol. The molecule has 1 saturated carbocycles. The highest BCUT2D eigenvalue weighted by atomic mass is 16.5. The number of hydrogen-bond acceptors (Lipinski definition) is 7. The summed E-state index contributed by atoms with van der Waals surface area (Å²) in [6.07, 6.45) is 1.28. The van der Waals surface area contributed by atoms with E-state index in [1.807, 2.05) is 45.0 Å². The minimum Gasteiger partial charge on any atom is -0.507 e. The van der Waals surface area contributed by atoms with Gasteiger partial charge in [0.2, 0.25) is 0 Å². The van der Waals surface area contributed by atoms with Crippen LogP contribution in [-0.2, 0) is 11.8 Å². The van der Waals surface area contributed by atoms with Gasteiger partial charge < -0.3 is 24.1 Å². The summed E-state index contributed by atoms with van der Waals surface area (Å²) < 4.78 is 23.2. The van der Waals surface area contributed by atoms with E-state index in [9.17, 15) is 5.11 Å². The lowest BCUT2D eigenvalue weighted by Gasteiger charge is -2.29. The predicted octanol–water partition coefficient (Wildman–Crippen LogP) is 4.82. The van der Waals surface area contributed by atoms with Crippen molar-refractivity contribution in [3.05, 3.63) is 53.1 Å². The minimum absolute atomic E-state index is 0.139. The van der Waals surface area contributed by atoms with E-state index in [1.165, 1.54) is 0 Å². The molecular formula is C27H30N2O5. The summed E-state index contributed by atoms with van der Waals surface area (Å²) in [6.45, 7) is 10.3. The molecule has 2 heterocycles. The van der Waals surface area contributed by atoms with Gasteiger partial charge in [-0.15, -0.1) is 0 Å². The van der Waals surface area contributed by atoms with Crippen LogP contribution in [0.1, 0.15) is 43.9 Å². The molecule has 0 saturated heterocycles. The third-order valence-corrected chi connectivity index (χ3v) is 6.99. The second kappa shape index (κ2) is 8.08. The number of benzene rings is 2. The SMILES string of the molecule is C=C(C)[C@H]1Cc2c(ccc(/C(=N/N=C(C)C)C34CC3COc3cc(OC)c(OC)cc34)c2O)O1. The Balaban J connectivity index is 1.68. The molecule has 1 aliphatic carbocycles. The fourth-order valence-electron chi connectivity index (χ4n) is 5.10. The quantitative estimate of drug-likeness (QED) is 0.378. The number of aromatic hydroxyl groups is 1. The van der Waals surface area contributed by atoms with Crippen molar-refractivity contribution in [2.24, 2.45) is 16.1 Å². The van der Waals surface area contributed by atoms with Crippen molar-refractivity contribution in [1.82, 2.24) is 0 Å². The highest BCUT2D eigenvalue weighted by Crippen LogP contribution is 2.63. The predicted molar refractivity (Wildman–Crippen MR) is 131 cm³/mol. The number of phenols is 1. The fraction of sp³-hybridized carbons (Fsp3) is 0.407. The maximum absolute atomic E-state index is 11.4. The van der Waals surface area contributed by atoms with E-state index in [1.54, 1.807) is 14.2 Å². The summed E-state index contributed by atoms with van der Waals surface area (Å²) in [4.78, 5) is 0. The first kappa shape index (κ1) is 22.3. The van der Waals surface area contributed by atoms with Gasteiger partial charge in [0.1, 0.15) is 23.4 Å². The molecule has 0 aromatic heterocycles. The van der Waals surface area contributed by atoms with Gasteiger partial charge in [-0.1, -0.05) is 6.58 Å². The zero-order valence-corrected chi connectivity index (χ0v) is 20.3. The Morgan fingerprint density at radius 2 is 1.82 bits per heavy atom. The van der Waals surface area contributed by atoms with Gasteiger partial charge in [-0.3, -0.25) is 0 Å². The molecule has 0 amide bonds. The van der Waals surface area contributed by atoms with Gasteiger partial charge in [0, 0.05) is 40.8 Å². The van der Waals surface area contributed by atoms with E-state index >= 15 is 0 Å². The lowest BCUT2D eigenvalue weighted by Crippen LogP contribution is -2.30. The number of fused-ring (bicyclic) bond motifs is 4. The van der Waals surface area contributed by atoms with E-state index in [2.05, 4.69) is 11.7 Å². The summed E-state index contributed by atoms with van der Waals surface area (Å²) in [6, 6.07) is 7.63. The summed E-state index contributed by atoms with van der Waals surface area (Å²) >= 11 is 0. The molecule has 5 rings (SSSR count). The summed E-state index contributed by atoms with van der Waals surface area (Å²) in [5.74, 6) is 3.07. The number of ether oxygens (including phenoxy) is 4. The largest absolute Gasteiger partial charge is 0.507 e. The average molecular weight is 463 g/mol. The van der Waals surface area contributed by atoms with Crippen LogP contribution in [0.15, 0.2) is 46.6 Å². The number of phenolic OH excluding ortho intramolecular Hbond substituents is 1. The van der Waals surface area contributed by atoms with Crippen molar-refractivity contribution < 1.29 is 24.1 Å². The lowest BCUT2D eigenvalue weighted by atomic mass is 9.82. The topological polar surface area (TPSA) is 81.9 Å². The number of nitrogens with zero attached hydrogens (tertiary/aromatic N) is 2. The van der Waals surface area contributed by atoms with Gasteiger partial charge in [-0.2, -0.15) is 10.2 Å². The van der Waals surface area contributed by atoms with Gasteiger partial charge in [0.25, 0.3) is 0 Å². The Kier molecular flexibility index (Phi) is 5.30. The molecule has 1 N–H and O–H groups in total. The van der Waals surface area contributed by atoms with Gasteiger partial charge >= 0.3 is 0 Å². The van der Waals surface area contributed by atoms with E-state index in [0.717, 1.165) is 40.3 Å². The molecule has 0 bridgehead atoms. The van der Waals surface area contributed by atoms with Crippen molar-refractivity contribution >= 4 is 11.4 Å². The maximum Gasteiger partial charge on any atom is 0.164 e. The molecule has 2 aromatic rings. The Morgan fingerprint density at radius 1 is 1.09 bits per heavy atom. The molecule has 0 radical (unpaired) electrons. The van der Waals surface area contributed by atoms with Crippen LogP contribution in [0.25, 0.3) is 0 Å². The van der Waals surface area contributed by atoms with Crippen molar-refractivity contribution in [3.8, 4) is 28.7 Å². The maximum atomic E-state index is 11.4. The molecule has 178 valence electrons. The molecule has 3 aliphatic rings. The minimum atomic E-state index is -0.439. The lowest BCUT2D eigenvalue weighted by molar-refractivity contribution is 0.267. The van der Waals surface area contributed by atoms with Crippen LogP contribution in [0.4, 0.5) is 0 Å². The average Bonchev–Trinajstić information content (AvgIpc) is 3.40. The highest BCUT2D eigenvalue weighted by molar-refractivity contribution is 6.13. The van der Waals surface area contributed by atoms with Crippen LogP contribution >= 0.6 is 0 Å². The van der Waals surface area contributed by atoms with Crippen LogP contribution < -0.4 is 18.9 Å². The summed E-state index contributed by atoms with van der Waals surface area (Å²) in [5, 5.41) is 20.6. The monoisotopic (exact) mass is 462 g/mol.